The first-order chi connectivity index (χ1) is 8.88. The van der Waals surface area contributed by atoms with Crippen molar-refractivity contribution in [1.82, 2.24) is 4.98 Å². The van der Waals surface area contributed by atoms with Gasteiger partial charge in [-0.1, -0.05) is 32.4 Å². The maximum Gasteiger partial charge on any atom is 0.148 e. The average Bonchev–Trinajstić information content (AvgIpc) is 2.35. The lowest BCUT2D eigenvalue weighted by Crippen LogP contribution is -2.28. The highest BCUT2D eigenvalue weighted by molar-refractivity contribution is 6.30. The summed E-state index contributed by atoms with van der Waals surface area (Å²) in [5.41, 5.74) is 2.65. The zero-order chi connectivity index (χ0) is 14.2. The Bertz CT molecular complexity index is 600. The Morgan fingerprint density at radius 3 is 2.37 bits per heavy atom. The molecular formula is C15H16ClN3. The van der Waals surface area contributed by atoms with Crippen molar-refractivity contribution in [2.75, 3.05) is 0 Å². The van der Waals surface area contributed by atoms with Crippen molar-refractivity contribution in [3.05, 3.63) is 27.5 Å². The van der Waals surface area contributed by atoms with E-state index in [1.807, 2.05) is 6.07 Å². The molecule has 0 N–H and O–H groups in total. The molecule has 1 atom stereocenters. The van der Waals surface area contributed by atoms with Gasteiger partial charge in [-0.3, -0.25) is 0 Å². The summed E-state index contributed by atoms with van der Waals surface area (Å²) in [5, 5.41) is 18.6. The third-order valence-electron chi connectivity index (χ3n) is 3.97. The summed E-state index contributed by atoms with van der Waals surface area (Å²) in [6.45, 7) is 6.63. The van der Waals surface area contributed by atoms with Crippen LogP contribution in [-0.4, -0.2) is 4.98 Å². The molecule has 0 bridgehead atoms. The molecule has 0 unspecified atom stereocenters. The second-order valence-corrected chi connectivity index (χ2v) is 6.47. The monoisotopic (exact) mass is 273 g/mol. The first-order valence-electron chi connectivity index (χ1n) is 6.40. The fourth-order valence-electron chi connectivity index (χ4n) is 2.69. The van der Waals surface area contributed by atoms with Gasteiger partial charge in [-0.2, -0.15) is 10.5 Å². The minimum atomic E-state index is 0.159. The minimum Gasteiger partial charge on any atom is -0.239 e. The molecule has 1 aliphatic rings. The summed E-state index contributed by atoms with van der Waals surface area (Å²) in [6.07, 6.45) is 2.69. The van der Waals surface area contributed by atoms with Gasteiger partial charge in [0.15, 0.2) is 0 Å². The predicted octanol–water partition coefficient (Wildman–Crippen LogP) is 3.63. The van der Waals surface area contributed by atoms with E-state index in [2.05, 4.69) is 31.8 Å². The minimum absolute atomic E-state index is 0.159. The predicted molar refractivity (Wildman–Crippen MR) is 73.6 cm³/mol. The highest BCUT2D eigenvalue weighted by Crippen LogP contribution is 2.39. The fraction of sp³-hybridized carbons (Fsp3) is 0.533. The molecule has 1 aromatic heterocycles. The lowest BCUT2D eigenvalue weighted by molar-refractivity contribution is 0.214. The van der Waals surface area contributed by atoms with E-state index in [4.69, 9.17) is 16.9 Å². The average molecular weight is 274 g/mol. The maximum atomic E-state index is 9.33. The third kappa shape index (κ3) is 2.44. The topological polar surface area (TPSA) is 60.5 Å². The summed E-state index contributed by atoms with van der Waals surface area (Å²) >= 11 is 5.99. The van der Waals surface area contributed by atoms with Gasteiger partial charge in [0.2, 0.25) is 0 Å². The molecular weight excluding hydrogens is 258 g/mol. The highest BCUT2D eigenvalue weighted by atomic mass is 35.5. The van der Waals surface area contributed by atoms with Crippen LogP contribution >= 0.6 is 11.6 Å². The van der Waals surface area contributed by atoms with Crippen molar-refractivity contribution in [3.63, 3.8) is 0 Å². The van der Waals surface area contributed by atoms with Crippen LogP contribution in [-0.2, 0) is 12.8 Å². The van der Waals surface area contributed by atoms with E-state index in [1.165, 1.54) is 0 Å². The van der Waals surface area contributed by atoms with Gasteiger partial charge in [-0.05, 0) is 36.2 Å². The quantitative estimate of drug-likeness (QED) is 0.678. The van der Waals surface area contributed by atoms with Gasteiger partial charge in [0.05, 0.1) is 5.56 Å². The lowest BCUT2D eigenvalue weighted by Gasteiger charge is -2.35. The highest BCUT2D eigenvalue weighted by Gasteiger charge is 2.32. The van der Waals surface area contributed by atoms with Gasteiger partial charge in [-0.15, -0.1) is 0 Å². The molecule has 0 fully saturated rings. The van der Waals surface area contributed by atoms with Crippen molar-refractivity contribution >= 4 is 11.6 Å². The van der Waals surface area contributed by atoms with Crippen molar-refractivity contribution in [2.24, 2.45) is 11.3 Å². The Morgan fingerprint density at radius 2 is 1.84 bits per heavy atom. The number of aryl methyl sites for hydroxylation is 1. The molecule has 0 saturated carbocycles. The van der Waals surface area contributed by atoms with E-state index in [-0.39, 0.29) is 16.1 Å². The van der Waals surface area contributed by atoms with Crippen LogP contribution in [0.3, 0.4) is 0 Å². The van der Waals surface area contributed by atoms with Gasteiger partial charge >= 0.3 is 0 Å². The number of pyridine rings is 1. The zero-order valence-electron chi connectivity index (χ0n) is 11.4. The molecule has 1 aliphatic carbocycles. The Balaban J connectivity index is 2.56. The summed E-state index contributed by atoms with van der Waals surface area (Å²) in [4.78, 5) is 4.30. The standard InChI is InChI=1S/C15H16ClN3/c1-15(2,3)9-4-5-13-10(6-9)11(7-17)12(8-18)14(16)19-13/h9H,4-6H2,1-3H3/t9-/m0/s1. The zero-order valence-corrected chi connectivity index (χ0v) is 12.2. The SMILES string of the molecule is CC(C)(C)[C@H]1CCc2nc(Cl)c(C#N)c(C#N)c2C1. The van der Waals surface area contributed by atoms with Crippen LogP contribution < -0.4 is 0 Å². The van der Waals surface area contributed by atoms with Crippen LogP contribution in [0.2, 0.25) is 5.15 Å². The number of fused-ring (bicyclic) bond motifs is 1. The number of nitriles is 2. The molecule has 0 amide bonds. The van der Waals surface area contributed by atoms with E-state index >= 15 is 0 Å². The molecule has 0 aliphatic heterocycles. The van der Waals surface area contributed by atoms with E-state index < -0.39 is 0 Å². The Labute approximate surface area is 118 Å². The molecule has 1 aromatic rings. The van der Waals surface area contributed by atoms with Crippen LogP contribution in [0.4, 0.5) is 0 Å². The number of aromatic nitrogens is 1. The van der Waals surface area contributed by atoms with E-state index in [9.17, 15) is 5.26 Å². The van der Waals surface area contributed by atoms with Crippen LogP contribution in [0.5, 0.6) is 0 Å². The van der Waals surface area contributed by atoms with E-state index in [0.717, 1.165) is 30.5 Å². The largest absolute Gasteiger partial charge is 0.239 e. The summed E-state index contributed by atoms with van der Waals surface area (Å²) in [7, 11) is 0. The van der Waals surface area contributed by atoms with Crippen LogP contribution in [0.25, 0.3) is 0 Å². The lowest BCUT2D eigenvalue weighted by atomic mass is 9.70. The third-order valence-corrected chi connectivity index (χ3v) is 4.24. The Kier molecular flexibility index (Phi) is 3.52. The van der Waals surface area contributed by atoms with Gasteiger partial charge in [0.1, 0.15) is 22.9 Å². The van der Waals surface area contributed by atoms with Gasteiger partial charge < -0.3 is 0 Å². The molecule has 4 heteroatoms. The molecule has 0 radical (unpaired) electrons. The van der Waals surface area contributed by atoms with Crippen LogP contribution in [0.1, 0.15) is 49.6 Å². The van der Waals surface area contributed by atoms with E-state index in [0.29, 0.717) is 11.5 Å². The van der Waals surface area contributed by atoms with Crippen molar-refractivity contribution in [2.45, 2.75) is 40.0 Å². The van der Waals surface area contributed by atoms with E-state index in [1.54, 1.807) is 0 Å². The molecule has 2 rings (SSSR count). The molecule has 0 aromatic carbocycles. The first-order valence-corrected chi connectivity index (χ1v) is 6.77. The fourth-order valence-corrected chi connectivity index (χ4v) is 2.93. The molecule has 98 valence electrons. The molecule has 0 saturated heterocycles. The van der Waals surface area contributed by atoms with Crippen molar-refractivity contribution < 1.29 is 0 Å². The smallest absolute Gasteiger partial charge is 0.148 e. The van der Waals surface area contributed by atoms with Crippen LogP contribution in [0, 0.1) is 34.0 Å². The second-order valence-electron chi connectivity index (χ2n) is 6.11. The normalized spacial score (nSPS) is 18.3. The summed E-state index contributed by atoms with van der Waals surface area (Å²) in [6, 6.07) is 4.14. The number of rotatable bonds is 0. The second kappa shape index (κ2) is 4.83. The number of hydrogen-bond donors (Lipinski definition) is 0. The molecule has 3 nitrogen and oxygen atoms in total. The molecule has 19 heavy (non-hydrogen) atoms. The molecule has 1 heterocycles. The van der Waals surface area contributed by atoms with Crippen molar-refractivity contribution in [1.29, 1.82) is 10.5 Å². The first kappa shape index (κ1) is 13.8. The number of nitrogens with zero attached hydrogens (tertiary/aromatic N) is 3. The van der Waals surface area contributed by atoms with Gasteiger partial charge in [-0.25, -0.2) is 4.98 Å². The van der Waals surface area contributed by atoms with Gasteiger partial charge in [0, 0.05) is 5.69 Å². The Hall–Kier alpha value is -1.58. The molecule has 0 spiro atoms. The van der Waals surface area contributed by atoms with Gasteiger partial charge in [0.25, 0.3) is 0 Å². The van der Waals surface area contributed by atoms with Crippen LogP contribution in [0.15, 0.2) is 0 Å². The van der Waals surface area contributed by atoms with Crippen molar-refractivity contribution in [3.8, 4) is 12.1 Å². The number of hydrogen-bond acceptors (Lipinski definition) is 3. The maximum absolute atomic E-state index is 9.33. The summed E-state index contributed by atoms with van der Waals surface area (Å²) in [5.74, 6) is 0.501. The number of halogens is 1. The summed E-state index contributed by atoms with van der Waals surface area (Å²) < 4.78 is 0. The Morgan fingerprint density at radius 1 is 1.21 bits per heavy atom.